The highest BCUT2D eigenvalue weighted by molar-refractivity contribution is 7.99. The van der Waals surface area contributed by atoms with Gasteiger partial charge in [0.2, 0.25) is 0 Å². The molecule has 2 heterocycles. The molecular formula is C15H15N4O2S-. The van der Waals surface area contributed by atoms with Gasteiger partial charge in [0, 0.05) is 30.3 Å². The summed E-state index contributed by atoms with van der Waals surface area (Å²) in [6.45, 7) is 2.11. The Bertz CT molecular complexity index is 722. The molecule has 1 aromatic heterocycles. The number of anilines is 2. The average Bonchev–Trinajstić information content (AvgIpc) is 2.53. The molecule has 114 valence electrons. The van der Waals surface area contributed by atoms with Gasteiger partial charge in [-0.2, -0.15) is 0 Å². The number of fused-ring (bicyclic) bond motifs is 2. The molecule has 0 amide bonds. The van der Waals surface area contributed by atoms with Gasteiger partial charge in [-0.15, -0.1) is 0 Å². The first-order valence-corrected chi connectivity index (χ1v) is 7.58. The van der Waals surface area contributed by atoms with Crippen LogP contribution in [0.15, 0.2) is 40.5 Å². The second kappa shape index (κ2) is 5.94. The normalized spacial score (nSPS) is 14.2. The molecule has 0 bridgehead atoms. The second-order valence-corrected chi connectivity index (χ2v) is 5.98. The highest BCUT2D eigenvalue weighted by atomic mass is 32.2. The molecule has 0 radical (unpaired) electrons. The maximum atomic E-state index is 11.3. The van der Waals surface area contributed by atoms with Crippen molar-refractivity contribution in [3.8, 4) is 0 Å². The zero-order chi connectivity index (χ0) is 15.7. The summed E-state index contributed by atoms with van der Waals surface area (Å²) < 4.78 is 5.28. The first-order valence-electron chi connectivity index (χ1n) is 6.76. The van der Waals surface area contributed by atoms with E-state index in [1.54, 1.807) is 26.4 Å². The number of hydrogen-bond donors (Lipinski definition) is 1. The van der Waals surface area contributed by atoms with E-state index in [-0.39, 0.29) is 0 Å². The summed E-state index contributed by atoms with van der Waals surface area (Å²) in [4.78, 5) is 11.7. The average molecular weight is 315 g/mol. The van der Waals surface area contributed by atoms with E-state index in [0.717, 1.165) is 27.0 Å². The molecule has 1 aromatic carbocycles. The first kappa shape index (κ1) is 14.8. The Morgan fingerprint density at radius 1 is 1.41 bits per heavy atom. The topological polar surface area (TPSA) is 85.2 Å². The lowest BCUT2D eigenvalue weighted by molar-refractivity contribution is -0.222. The number of nitrogens with zero attached hydrogens (tertiary/aromatic N) is 3. The van der Waals surface area contributed by atoms with Gasteiger partial charge in [0.25, 0.3) is 0 Å². The van der Waals surface area contributed by atoms with Gasteiger partial charge in [-0.3, -0.25) is 4.90 Å². The van der Waals surface area contributed by atoms with Crippen molar-refractivity contribution in [2.45, 2.75) is 22.8 Å². The van der Waals surface area contributed by atoms with Crippen LogP contribution in [0.25, 0.3) is 0 Å². The van der Waals surface area contributed by atoms with Crippen molar-refractivity contribution >= 4 is 29.2 Å². The zero-order valence-corrected chi connectivity index (χ0v) is 13.1. The minimum Gasteiger partial charge on any atom is -0.862 e. The molecule has 1 unspecified atom stereocenters. The predicted octanol–water partition coefficient (Wildman–Crippen LogP) is 2.12. The smallest absolute Gasteiger partial charge is 0.168 e. The number of benzene rings is 1. The molecule has 0 aliphatic carbocycles. The fourth-order valence-corrected chi connectivity index (χ4v) is 3.36. The predicted molar refractivity (Wildman–Crippen MR) is 82.8 cm³/mol. The minimum atomic E-state index is -0.588. The Morgan fingerprint density at radius 3 is 2.91 bits per heavy atom. The Balaban J connectivity index is 2.06. The molecular weight excluding hydrogens is 300 g/mol. The van der Waals surface area contributed by atoms with Crippen LogP contribution in [-0.4, -0.2) is 29.7 Å². The summed E-state index contributed by atoms with van der Waals surface area (Å²) >= 11 is 1.51. The lowest BCUT2D eigenvalue weighted by atomic mass is 10.0. The van der Waals surface area contributed by atoms with Crippen LogP contribution in [0, 0.1) is 5.41 Å². The molecule has 2 aromatic rings. The zero-order valence-electron chi connectivity index (χ0n) is 12.2. The van der Waals surface area contributed by atoms with Gasteiger partial charge >= 0.3 is 0 Å². The van der Waals surface area contributed by atoms with Gasteiger partial charge in [-0.25, -0.2) is 9.97 Å². The number of rotatable bonds is 4. The summed E-state index contributed by atoms with van der Waals surface area (Å²) in [6.07, 6.45) is 3.31. The summed E-state index contributed by atoms with van der Waals surface area (Å²) in [5, 5.41) is 19.4. The third kappa shape index (κ3) is 2.53. The van der Waals surface area contributed by atoms with Crippen LogP contribution in [0.2, 0.25) is 0 Å². The Hall–Kier alpha value is -2.12. The van der Waals surface area contributed by atoms with Crippen LogP contribution in [0.1, 0.15) is 18.4 Å². The number of aromatic nitrogens is 2. The highest BCUT2D eigenvalue weighted by Gasteiger charge is 2.26. The van der Waals surface area contributed by atoms with Gasteiger partial charge in [-0.1, -0.05) is 24.8 Å². The molecule has 22 heavy (non-hydrogen) atoms. The molecule has 1 aliphatic heterocycles. The molecule has 0 saturated carbocycles. The van der Waals surface area contributed by atoms with Crippen molar-refractivity contribution in [3.05, 3.63) is 36.2 Å². The summed E-state index contributed by atoms with van der Waals surface area (Å²) in [5.74, 6) is -0.265. The van der Waals surface area contributed by atoms with Crippen molar-refractivity contribution in [1.82, 2.24) is 9.97 Å². The van der Waals surface area contributed by atoms with Crippen molar-refractivity contribution in [3.63, 3.8) is 0 Å². The van der Waals surface area contributed by atoms with E-state index < -0.39 is 11.8 Å². The molecule has 1 aliphatic rings. The standard InChI is InChI=1S/C15H16N4O2S/c1-9(13(16)20)10-3-4-11-12(7-10)22-15-14(17-5-6-18-15)19(11)8-21-2/h3-7,9H,8H2,1-2H3,(H2,16,20)/p-1. The van der Waals surface area contributed by atoms with Crippen molar-refractivity contribution < 1.29 is 9.84 Å². The molecule has 6 nitrogen and oxygen atoms in total. The minimum absolute atomic E-state index is 0.367. The monoisotopic (exact) mass is 315 g/mol. The first-order chi connectivity index (χ1) is 10.6. The maximum absolute atomic E-state index is 11.3. The Morgan fingerprint density at radius 2 is 2.18 bits per heavy atom. The number of hydrogen-bond acceptors (Lipinski definition) is 7. The molecule has 0 spiro atoms. The fourth-order valence-electron chi connectivity index (χ4n) is 2.31. The van der Waals surface area contributed by atoms with Crippen molar-refractivity contribution in [2.24, 2.45) is 0 Å². The maximum Gasteiger partial charge on any atom is 0.168 e. The van der Waals surface area contributed by atoms with Crippen LogP contribution in [0.3, 0.4) is 0 Å². The fraction of sp³-hybridized carbons (Fsp3) is 0.267. The molecule has 0 saturated heterocycles. The summed E-state index contributed by atoms with van der Waals surface area (Å²) in [6, 6.07) is 5.76. The Labute approximate surface area is 132 Å². The SMILES string of the molecule is COCN1c2ccc(C(C)C(=N)[O-])cc2Sc2nccnc21. The third-order valence-electron chi connectivity index (χ3n) is 3.54. The second-order valence-electron chi connectivity index (χ2n) is 4.95. The molecule has 7 heteroatoms. The highest BCUT2D eigenvalue weighted by Crippen LogP contribution is 2.46. The molecule has 1 atom stereocenters. The van der Waals surface area contributed by atoms with E-state index in [0.29, 0.717) is 6.73 Å². The van der Waals surface area contributed by atoms with Crippen LogP contribution < -0.4 is 10.0 Å². The van der Waals surface area contributed by atoms with E-state index in [1.165, 1.54) is 11.8 Å². The van der Waals surface area contributed by atoms with Gasteiger partial charge in [0.15, 0.2) is 5.82 Å². The number of nitrogens with one attached hydrogen (secondary N) is 1. The van der Waals surface area contributed by atoms with E-state index in [2.05, 4.69) is 9.97 Å². The number of ether oxygens (including phenoxy) is 1. The van der Waals surface area contributed by atoms with Crippen molar-refractivity contribution in [1.29, 1.82) is 5.41 Å². The molecule has 1 N–H and O–H groups in total. The van der Waals surface area contributed by atoms with Crippen LogP contribution in [-0.2, 0) is 4.74 Å². The number of methoxy groups -OCH3 is 1. The van der Waals surface area contributed by atoms with Gasteiger partial charge in [0.05, 0.1) is 5.69 Å². The van der Waals surface area contributed by atoms with Crippen LogP contribution in [0.4, 0.5) is 11.5 Å². The van der Waals surface area contributed by atoms with Gasteiger partial charge in [-0.05, 0) is 23.6 Å². The van der Waals surface area contributed by atoms with E-state index in [9.17, 15) is 5.11 Å². The van der Waals surface area contributed by atoms with E-state index >= 15 is 0 Å². The van der Waals surface area contributed by atoms with Gasteiger partial charge in [0.1, 0.15) is 11.8 Å². The molecule has 3 rings (SSSR count). The summed E-state index contributed by atoms with van der Waals surface area (Å²) in [7, 11) is 1.63. The molecule has 0 fully saturated rings. The third-order valence-corrected chi connectivity index (χ3v) is 4.56. The summed E-state index contributed by atoms with van der Waals surface area (Å²) in [5.41, 5.74) is 1.80. The lowest BCUT2D eigenvalue weighted by Gasteiger charge is -2.31. The Kier molecular flexibility index (Phi) is 4.00. The largest absolute Gasteiger partial charge is 0.862 e. The van der Waals surface area contributed by atoms with Crippen LogP contribution in [0.5, 0.6) is 0 Å². The van der Waals surface area contributed by atoms with E-state index in [4.69, 9.17) is 10.1 Å². The van der Waals surface area contributed by atoms with Crippen LogP contribution >= 0.6 is 11.8 Å². The lowest BCUT2D eigenvalue weighted by Crippen LogP contribution is -2.25. The van der Waals surface area contributed by atoms with Gasteiger partial charge < -0.3 is 15.3 Å². The van der Waals surface area contributed by atoms with E-state index in [1.807, 2.05) is 23.1 Å². The van der Waals surface area contributed by atoms with Crippen molar-refractivity contribution in [2.75, 3.05) is 18.7 Å². The quantitative estimate of drug-likeness (QED) is 0.687.